The molecule has 0 aliphatic rings. The van der Waals surface area contributed by atoms with Crippen molar-refractivity contribution < 1.29 is 9.53 Å². The molecule has 3 aromatic rings. The van der Waals surface area contributed by atoms with Crippen LogP contribution in [-0.4, -0.2) is 24.0 Å². The van der Waals surface area contributed by atoms with E-state index in [0.29, 0.717) is 26.0 Å². The van der Waals surface area contributed by atoms with E-state index in [4.69, 9.17) is 16.3 Å². The Balaban J connectivity index is 1.34. The number of hydrogen-bond acceptors (Lipinski definition) is 4. The van der Waals surface area contributed by atoms with Crippen LogP contribution >= 0.6 is 22.9 Å². The summed E-state index contributed by atoms with van der Waals surface area (Å²) in [5.74, 6) is 0.850. The summed E-state index contributed by atoms with van der Waals surface area (Å²) < 4.78 is 5.75. The molecule has 0 aliphatic heterocycles. The molecule has 0 atom stereocenters. The first kappa shape index (κ1) is 22.3. The summed E-state index contributed by atoms with van der Waals surface area (Å²) >= 11 is 7.83. The van der Waals surface area contributed by atoms with Crippen molar-refractivity contribution in [1.82, 2.24) is 10.3 Å². The van der Waals surface area contributed by atoms with Crippen molar-refractivity contribution in [1.29, 1.82) is 0 Å². The minimum absolute atomic E-state index is 0.0524. The molecule has 0 saturated heterocycles. The summed E-state index contributed by atoms with van der Waals surface area (Å²) in [5.41, 5.74) is 5.34. The minimum Gasteiger partial charge on any atom is -0.494 e. The molecule has 2 aromatic carbocycles. The number of nitrogens with zero attached hydrogens (tertiary/aromatic N) is 1. The van der Waals surface area contributed by atoms with E-state index in [-0.39, 0.29) is 5.91 Å². The molecule has 0 aliphatic carbocycles. The lowest BCUT2D eigenvalue weighted by atomic mass is 10.1. The van der Waals surface area contributed by atoms with Crippen LogP contribution in [0.1, 0.15) is 34.5 Å². The van der Waals surface area contributed by atoms with Crippen LogP contribution in [0.15, 0.2) is 41.8 Å². The Labute approximate surface area is 187 Å². The Hall–Kier alpha value is -2.37. The molecular weight excluding hydrogens is 416 g/mol. The third kappa shape index (κ3) is 6.31. The van der Waals surface area contributed by atoms with E-state index in [0.717, 1.165) is 44.6 Å². The molecule has 0 spiro atoms. The summed E-state index contributed by atoms with van der Waals surface area (Å²) in [5, 5.41) is 6.90. The van der Waals surface area contributed by atoms with Crippen LogP contribution in [-0.2, 0) is 11.2 Å². The lowest BCUT2D eigenvalue weighted by Gasteiger charge is -2.10. The molecular formula is C24H27ClN2O2S. The number of amides is 1. The minimum atomic E-state index is 0.0524. The van der Waals surface area contributed by atoms with E-state index in [2.05, 4.69) is 39.9 Å². The van der Waals surface area contributed by atoms with Gasteiger partial charge in [0, 0.05) is 28.9 Å². The van der Waals surface area contributed by atoms with E-state index < -0.39 is 0 Å². The maximum atomic E-state index is 12.0. The number of nitrogens with one attached hydrogen (secondary N) is 1. The molecule has 1 N–H and O–H groups in total. The fraction of sp³-hybridized carbons (Fsp3) is 0.333. The van der Waals surface area contributed by atoms with E-state index in [1.54, 1.807) is 11.3 Å². The van der Waals surface area contributed by atoms with Crippen molar-refractivity contribution >= 4 is 28.8 Å². The summed E-state index contributed by atoms with van der Waals surface area (Å²) in [6.45, 7) is 7.07. The predicted octanol–water partition coefficient (Wildman–Crippen LogP) is 5.91. The van der Waals surface area contributed by atoms with Crippen molar-refractivity contribution in [3.8, 4) is 17.0 Å². The largest absolute Gasteiger partial charge is 0.494 e. The van der Waals surface area contributed by atoms with Gasteiger partial charge in [0.05, 0.1) is 17.3 Å². The molecule has 3 rings (SSSR count). The number of carbonyl (C=O) groups excluding carboxylic acids is 1. The third-order valence-electron chi connectivity index (χ3n) is 4.83. The zero-order valence-corrected chi connectivity index (χ0v) is 19.2. The van der Waals surface area contributed by atoms with Gasteiger partial charge >= 0.3 is 0 Å². The van der Waals surface area contributed by atoms with Crippen molar-refractivity contribution in [3.05, 3.63) is 68.5 Å². The number of benzene rings is 2. The highest BCUT2D eigenvalue weighted by Crippen LogP contribution is 2.26. The smallest absolute Gasteiger partial charge is 0.220 e. The first-order valence-corrected chi connectivity index (χ1v) is 11.4. The number of ether oxygens (including phenoxy) is 1. The van der Waals surface area contributed by atoms with Gasteiger partial charge in [-0.25, -0.2) is 4.98 Å². The first-order valence-electron chi connectivity index (χ1n) is 10.1. The maximum Gasteiger partial charge on any atom is 0.220 e. The third-order valence-corrected chi connectivity index (χ3v) is 6.20. The van der Waals surface area contributed by atoms with E-state index in [1.165, 1.54) is 5.56 Å². The molecule has 1 aromatic heterocycles. The summed E-state index contributed by atoms with van der Waals surface area (Å²) in [7, 11) is 0. The molecule has 30 heavy (non-hydrogen) atoms. The number of aryl methyl sites for hydroxylation is 3. The number of rotatable bonds is 9. The zero-order chi connectivity index (χ0) is 21.5. The van der Waals surface area contributed by atoms with Crippen LogP contribution in [0.2, 0.25) is 5.02 Å². The average Bonchev–Trinajstić information content (AvgIpc) is 3.16. The van der Waals surface area contributed by atoms with E-state index in [1.807, 2.05) is 32.9 Å². The lowest BCUT2D eigenvalue weighted by molar-refractivity contribution is -0.121. The van der Waals surface area contributed by atoms with Crippen molar-refractivity contribution in [2.75, 3.05) is 13.2 Å². The monoisotopic (exact) mass is 442 g/mol. The Bertz CT molecular complexity index is 976. The summed E-state index contributed by atoms with van der Waals surface area (Å²) in [6.07, 6.45) is 1.93. The van der Waals surface area contributed by atoms with Crippen molar-refractivity contribution in [3.63, 3.8) is 0 Å². The second kappa shape index (κ2) is 10.6. The van der Waals surface area contributed by atoms with Crippen molar-refractivity contribution in [2.45, 2.75) is 40.0 Å². The van der Waals surface area contributed by atoms with Crippen LogP contribution in [0.4, 0.5) is 0 Å². The molecule has 0 radical (unpaired) electrons. The molecule has 6 heteroatoms. The van der Waals surface area contributed by atoms with Gasteiger partial charge in [0.2, 0.25) is 5.91 Å². The van der Waals surface area contributed by atoms with Gasteiger partial charge in [-0.05, 0) is 62.4 Å². The number of carbonyl (C=O) groups is 1. The van der Waals surface area contributed by atoms with Crippen LogP contribution in [0, 0.1) is 20.8 Å². The van der Waals surface area contributed by atoms with E-state index >= 15 is 0 Å². The first-order chi connectivity index (χ1) is 14.4. The standard InChI is InChI=1S/C24H27ClN2O2S/c1-16-13-21(14-17(2)24(16)25)29-12-4-5-23(28)26-11-10-19-6-8-20(9-7-19)22-15-30-18(3)27-22/h6-9,13-15H,4-5,10-12H2,1-3H3,(H,26,28). The zero-order valence-electron chi connectivity index (χ0n) is 17.6. The predicted molar refractivity (Wildman–Crippen MR) is 125 cm³/mol. The van der Waals surface area contributed by atoms with Gasteiger partial charge in [-0.15, -0.1) is 11.3 Å². The Morgan fingerprint density at radius 3 is 2.47 bits per heavy atom. The molecule has 1 amide bonds. The van der Waals surface area contributed by atoms with Gasteiger partial charge in [-0.3, -0.25) is 4.79 Å². The normalized spacial score (nSPS) is 10.8. The molecule has 0 bridgehead atoms. The quantitative estimate of drug-likeness (QED) is 0.419. The van der Waals surface area contributed by atoms with Gasteiger partial charge in [0.1, 0.15) is 5.75 Å². The summed E-state index contributed by atoms with van der Waals surface area (Å²) in [4.78, 5) is 16.6. The van der Waals surface area contributed by atoms with Gasteiger partial charge in [0.25, 0.3) is 0 Å². The molecule has 1 heterocycles. The van der Waals surface area contributed by atoms with Gasteiger partial charge < -0.3 is 10.1 Å². The highest BCUT2D eigenvalue weighted by Gasteiger charge is 2.06. The Kier molecular flexibility index (Phi) is 7.88. The number of hydrogen-bond donors (Lipinski definition) is 1. The van der Waals surface area contributed by atoms with E-state index in [9.17, 15) is 4.79 Å². The summed E-state index contributed by atoms with van der Waals surface area (Å²) in [6, 6.07) is 12.2. The highest BCUT2D eigenvalue weighted by molar-refractivity contribution is 7.09. The Morgan fingerprint density at radius 2 is 1.83 bits per heavy atom. The SMILES string of the molecule is Cc1nc(-c2ccc(CCNC(=O)CCCOc3cc(C)c(Cl)c(C)c3)cc2)cs1. The fourth-order valence-corrected chi connectivity index (χ4v) is 3.92. The fourth-order valence-electron chi connectivity index (χ4n) is 3.19. The second-order valence-electron chi connectivity index (χ2n) is 7.37. The average molecular weight is 443 g/mol. The molecule has 158 valence electrons. The number of thiazole rings is 1. The van der Waals surface area contributed by atoms with Crippen molar-refractivity contribution in [2.24, 2.45) is 0 Å². The number of halogens is 1. The van der Waals surface area contributed by atoms with Gasteiger partial charge in [-0.1, -0.05) is 35.9 Å². The maximum absolute atomic E-state index is 12.0. The van der Waals surface area contributed by atoms with Gasteiger partial charge in [-0.2, -0.15) is 0 Å². The second-order valence-corrected chi connectivity index (χ2v) is 8.81. The Morgan fingerprint density at radius 1 is 1.13 bits per heavy atom. The molecule has 0 saturated carbocycles. The molecule has 0 unspecified atom stereocenters. The lowest BCUT2D eigenvalue weighted by Crippen LogP contribution is -2.25. The molecule has 4 nitrogen and oxygen atoms in total. The van der Waals surface area contributed by atoms with Crippen LogP contribution < -0.4 is 10.1 Å². The highest BCUT2D eigenvalue weighted by atomic mass is 35.5. The van der Waals surface area contributed by atoms with Crippen LogP contribution in [0.3, 0.4) is 0 Å². The number of aromatic nitrogens is 1. The van der Waals surface area contributed by atoms with Crippen LogP contribution in [0.5, 0.6) is 5.75 Å². The van der Waals surface area contributed by atoms with Gasteiger partial charge in [0.15, 0.2) is 0 Å². The topological polar surface area (TPSA) is 51.2 Å². The van der Waals surface area contributed by atoms with Crippen LogP contribution in [0.25, 0.3) is 11.3 Å². The molecule has 0 fully saturated rings.